The first-order chi connectivity index (χ1) is 10.6. The molecule has 0 unspecified atom stereocenters. The normalized spacial score (nSPS) is 26.5. The van der Waals surface area contributed by atoms with Gasteiger partial charge in [-0.2, -0.15) is 0 Å². The SMILES string of the molecule is CN1CCN(C(=O)CC[C@@H]2CCOC2)C[C@@H]1c1nccn1C. The van der Waals surface area contributed by atoms with Crippen molar-refractivity contribution in [2.24, 2.45) is 13.0 Å². The van der Waals surface area contributed by atoms with E-state index in [-0.39, 0.29) is 11.9 Å². The molecule has 6 heteroatoms. The Kier molecular flexibility index (Phi) is 4.78. The second kappa shape index (κ2) is 6.79. The molecule has 2 fully saturated rings. The van der Waals surface area contributed by atoms with Gasteiger partial charge in [-0.1, -0.05) is 0 Å². The number of imidazole rings is 1. The Balaban J connectivity index is 1.57. The number of hydrogen-bond donors (Lipinski definition) is 0. The maximum absolute atomic E-state index is 12.5. The van der Waals surface area contributed by atoms with E-state index >= 15 is 0 Å². The molecule has 0 saturated carbocycles. The third kappa shape index (κ3) is 3.33. The van der Waals surface area contributed by atoms with Crippen LogP contribution in [0.2, 0.25) is 0 Å². The van der Waals surface area contributed by atoms with Crippen molar-refractivity contribution in [1.29, 1.82) is 0 Å². The van der Waals surface area contributed by atoms with E-state index in [1.165, 1.54) is 0 Å². The van der Waals surface area contributed by atoms with Crippen molar-refractivity contribution in [3.63, 3.8) is 0 Å². The zero-order valence-electron chi connectivity index (χ0n) is 13.6. The standard InChI is InChI=1S/C16H26N4O2/c1-18-8-9-20(11-14(18)16-17-6-7-19(16)2)15(21)4-3-13-5-10-22-12-13/h6-7,13-14H,3-5,8-12H2,1-2H3/t13-,14-/m1/s1. The molecule has 0 aliphatic carbocycles. The lowest BCUT2D eigenvalue weighted by atomic mass is 10.0. The van der Waals surface area contributed by atoms with Gasteiger partial charge in [-0.3, -0.25) is 9.69 Å². The van der Waals surface area contributed by atoms with Gasteiger partial charge in [0.1, 0.15) is 5.82 Å². The first kappa shape index (κ1) is 15.5. The van der Waals surface area contributed by atoms with Gasteiger partial charge in [0.05, 0.1) is 6.04 Å². The van der Waals surface area contributed by atoms with Gasteiger partial charge >= 0.3 is 0 Å². The number of carbonyl (C=O) groups excluding carboxylic acids is 1. The maximum atomic E-state index is 12.5. The van der Waals surface area contributed by atoms with Crippen LogP contribution in [-0.2, 0) is 16.6 Å². The van der Waals surface area contributed by atoms with Crippen LogP contribution >= 0.6 is 0 Å². The smallest absolute Gasteiger partial charge is 0.222 e. The van der Waals surface area contributed by atoms with Gasteiger partial charge in [0.15, 0.2) is 0 Å². The molecule has 122 valence electrons. The summed E-state index contributed by atoms with van der Waals surface area (Å²) < 4.78 is 7.43. The molecule has 0 aromatic carbocycles. The fraction of sp³-hybridized carbons (Fsp3) is 0.750. The molecular formula is C16H26N4O2. The highest BCUT2D eigenvalue weighted by Crippen LogP contribution is 2.24. The Morgan fingerprint density at radius 2 is 2.27 bits per heavy atom. The monoisotopic (exact) mass is 306 g/mol. The molecule has 1 amide bonds. The summed E-state index contributed by atoms with van der Waals surface area (Å²) in [7, 11) is 4.12. The molecule has 0 bridgehead atoms. The van der Waals surface area contributed by atoms with E-state index in [1.54, 1.807) is 0 Å². The van der Waals surface area contributed by atoms with Crippen LogP contribution in [0.1, 0.15) is 31.1 Å². The summed E-state index contributed by atoms with van der Waals surface area (Å²) in [6.45, 7) is 4.13. The quantitative estimate of drug-likeness (QED) is 0.834. The van der Waals surface area contributed by atoms with Crippen molar-refractivity contribution in [2.45, 2.75) is 25.3 Å². The fourth-order valence-electron chi connectivity index (χ4n) is 3.37. The number of likely N-dealkylation sites (N-methyl/N-ethyl adjacent to an activating group) is 1. The van der Waals surface area contributed by atoms with Crippen LogP contribution in [0.25, 0.3) is 0 Å². The van der Waals surface area contributed by atoms with Gasteiger partial charge in [-0.15, -0.1) is 0 Å². The topological polar surface area (TPSA) is 50.6 Å². The molecule has 6 nitrogen and oxygen atoms in total. The minimum Gasteiger partial charge on any atom is -0.381 e. The average molecular weight is 306 g/mol. The second-order valence-corrected chi connectivity index (χ2v) is 6.50. The van der Waals surface area contributed by atoms with Crippen LogP contribution in [0.3, 0.4) is 0 Å². The average Bonchev–Trinajstić information content (AvgIpc) is 3.17. The molecular weight excluding hydrogens is 280 g/mol. The van der Waals surface area contributed by atoms with Crippen LogP contribution in [0.4, 0.5) is 0 Å². The van der Waals surface area contributed by atoms with E-state index in [0.717, 1.165) is 51.5 Å². The lowest BCUT2D eigenvalue weighted by Gasteiger charge is -2.39. The Morgan fingerprint density at radius 3 is 2.95 bits per heavy atom. The third-order valence-corrected chi connectivity index (χ3v) is 4.95. The van der Waals surface area contributed by atoms with Gasteiger partial charge in [0, 0.05) is 58.7 Å². The highest BCUT2D eigenvalue weighted by molar-refractivity contribution is 5.76. The zero-order chi connectivity index (χ0) is 15.5. The van der Waals surface area contributed by atoms with Crippen LogP contribution < -0.4 is 0 Å². The van der Waals surface area contributed by atoms with Crippen LogP contribution in [0, 0.1) is 5.92 Å². The molecule has 2 atom stereocenters. The summed E-state index contributed by atoms with van der Waals surface area (Å²) in [6, 6.07) is 0.188. The predicted molar refractivity (Wildman–Crippen MR) is 83.3 cm³/mol. The molecule has 2 aliphatic heterocycles. The number of ether oxygens (including phenoxy) is 1. The summed E-state index contributed by atoms with van der Waals surface area (Å²) in [5, 5.41) is 0. The summed E-state index contributed by atoms with van der Waals surface area (Å²) in [6.07, 6.45) is 6.49. The highest BCUT2D eigenvalue weighted by atomic mass is 16.5. The minimum atomic E-state index is 0.188. The number of piperazine rings is 1. The molecule has 2 saturated heterocycles. The molecule has 2 aliphatic rings. The number of carbonyl (C=O) groups is 1. The summed E-state index contributed by atoms with van der Waals surface area (Å²) in [5.41, 5.74) is 0. The summed E-state index contributed by atoms with van der Waals surface area (Å²) >= 11 is 0. The highest BCUT2D eigenvalue weighted by Gasteiger charge is 2.30. The number of rotatable bonds is 4. The molecule has 3 rings (SSSR count). The molecule has 1 aromatic heterocycles. The van der Waals surface area contributed by atoms with E-state index in [1.807, 2.05) is 28.9 Å². The number of amides is 1. The zero-order valence-corrected chi connectivity index (χ0v) is 13.6. The Morgan fingerprint density at radius 1 is 1.41 bits per heavy atom. The largest absolute Gasteiger partial charge is 0.381 e. The van der Waals surface area contributed by atoms with Gasteiger partial charge in [0.25, 0.3) is 0 Å². The van der Waals surface area contributed by atoms with Crippen molar-refractivity contribution in [1.82, 2.24) is 19.4 Å². The van der Waals surface area contributed by atoms with E-state index in [2.05, 4.69) is 16.9 Å². The summed E-state index contributed by atoms with van der Waals surface area (Å²) in [5.74, 6) is 1.88. The maximum Gasteiger partial charge on any atom is 0.222 e. The van der Waals surface area contributed by atoms with Crippen molar-refractivity contribution in [3.05, 3.63) is 18.2 Å². The fourth-order valence-corrected chi connectivity index (χ4v) is 3.37. The minimum absolute atomic E-state index is 0.188. The number of nitrogens with zero attached hydrogens (tertiary/aromatic N) is 4. The number of aromatic nitrogens is 2. The second-order valence-electron chi connectivity index (χ2n) is 6.50. The lowest BCUT2D eigenvalue weighted by molar-refractivity contribution is -0.134. The number of aryl methyl sites for hydroxylation is 1. The van der Waals surface area contributed by atoms with E-state index in [0.29, 0.717) is 12.3 Å². The molecule has 1 aromatic rings. The van der Waals surface area contributed by atoms with E-state index in [4.69, 9.17) is 4.74 Å². The van der Waals surface area contributed by atoms with Crippen LogP contribution in [0.15, 0.2) is 12.4 Å². The van der Waals surface area contributed by atoms with Crippen molar-refractivity contribution in [3.8, 4) is 0 Å². The van der Waals surface area contributed by atoms with E-state index in [9.17, 15) is 4.79 Å². The predicted octanol–water partition coefficient (Wildman–Crippen LogP) is 1.05. The Labute approximate surface area is 132 Å². The van der Waals surface area contributed by atoms with Gasteiger partial charge in [-0.05, 0) is 25.8 Å². The van der Waals surface area contributed by atoms with E-state index < -0.39 is 0 Å². The molecule has 0 spiro atoms. The van der Waals surface area contributed by atoms with Crippen LogP contribution in [-0.4, -0.2) is 65.2 Å². The van der Waals surface area contributed by atoms with Crippen molar-refractivity contribution in [2.75, 3.05) is 39.9 Å². The van der Waals surface area contributed by atoms with Crippen molar-refractivity contribution < 1.29 is 9.53 Å². The van der Waals surface area contributed by atoms with Gasteiger partial charge in [-0.25, -0.2) is 4.98 Å². The number of hydrogen-bond acceptors (Lipinski definition) is 4. The van der Waals surface area contributed by atoms with Crippen molar-refractivity contribution >= 4 is 5.91 Å². The van der Waals surface area contributed by atoms with Gasteiger partial charge in [0.2, 0.25) is 5.91 Å². The first-order valence-electron chi connectivity index (χ1n) is 8.18. The Bertz CT molecular complexity index is 510. The molecule has 0 N–H and O–H groups in total. The van der Waals surface area contributed by atoms with Crippen LogP contribution in [0.5, 0.6) is 0 Å². The molecule has 3 heterocycles. The first-order valence-corrected chi connectivity index (χ1v) is 8.18. The summed E-state index contributed by atoms with van der Waals surface area (Å²) in [4.78, 5) is 21.3. The molecule has 0 radical (unpaired) electrons. The van der Waals surface area contributed by atoms with Gasteiger partial charge < -0.3 is 14.2 Å². The lowest BCUT2D eigenvalue weighted by Crippen LogP contribution is -2.49. The molecule has 22 heavy (non-hydrogen) atoms. The third-order valence-electron chi connectivity index (χ3n) is 4.95. The Hall–Kier alpha value is -1.40.